The van der Waals surface area contributed by atoms with Crippen LogP contribution in [0.2, 0.25) is 0 Å². The van der Waals surface area contributed by atoms with Gasteiger partial charge in [-0.1, -0.05) is 23.8 Å². The number of fused-ring (bicyclic) bond motifs is 4. The summed E-state index contributed by atoms with van der Waals surface area (Å²) in [5, 5.41) is 5.51. The molecule has 4 aromatic rings. The molecule has 0 aliphatic carbocycles. The number of aromatic nitrogens is 4. The van der Waals surface area contributed by atoms with Gasteiger partial charge in [-0.05, 0) is 43.5 Å². The number of hydrogen-bond donors (Lipinski definition) is 1. The monoisotopic (exact) mass is 374 g/mol. The second-order valence-electron chi connectivity index (χ2n) is 7.25. The number of aryl methyl sites for hydroxylation is 2. The lowest BCUT2D eigenvalue weighted by Crippen LogP contribution is -2.29. The molecule has 2 N–H and O–H groups in total. The quantitative estimate of drug-likeness (QED) is 0.593. The number of nitrogens with two attached hydrogens (primary N) is 1. The second-order valence-corrected chi connectivity index (χ2v) is 7.25. The number of ether oxygens (including phenoxy) is 1. The van der Waals surface area contributed by atoms with E-state index >= 15 is 0 Å². The van der Waals surface area contributed by atoms with Gasteiger partial charge in [0.05, 0.1) is 13.7 Å². The van der Waals surface area contributed by atoms with E-state index in [1.165, 1.54) is 16.8 Å². The first-order valence-electron chi connectivity index (χ1n) is 9.46. The predicted octanol–water partition coefficient (Wildman–Crippen LogP) is 3.13. The zero-order valence-electron chi connectivity index (χ0n) is 16.0. The first kappa shape index (κ1) is 16.8. The number of nitrogens with zero attached hydrogens (tertiary/aromatic N) is 5. The lowest BCUT2D eigenvalue weighted by molar-refractivity contribution is 0.419. The van der Waals surface area contributed by atoms with Crippen LogP contribution in [-0.4, -0.2) is 33.2 Å². The largest absolute Gasteiger partial charge is 0.494 e. The van der Waals surface area contributed by atoms with Gasteiger partial charge >= 0.3 is 0 Å². The Morgan fingerprint density at radius 3 is 2.93 bits per heavy atom. The molecule has 28 heavy (non-hydrogen) atoms. The number of methoxy groups -OCH3 is 1. The molecular formula is C21H22N6O. The molecule has 1 aliphatic heterocycles. The van der Waals surface area contributed by atoms with E-state index < -0.39 is 0 Å². The van der Waals surface area contributed by atoms with E-state index in [0.717, 1.165) is 30.6 Å². The van der Waals surface area contributed by atoms with E-state index in [0.29, 0.717) is 29.4 Å². The Kier molecular flexibility index (Phi) is 3.82. The minimum Gasteiger partial charge on any atom is -0.494 e. The summed E-state index contributed by atoms with van der Waals surface area (Å²) < 4.78 is 7.05. The van der Waals surface area contributed by atoms with Crippen molar-refractivity contribution in [3.05, 3.63) is 53.3 Å². The predicted molar refractivity (Wildman–Crippen MR) is 110 cm³/mol. The third-order valence-electron chi connectivity index (χ3n) is 5.34. The van der Waals surface area contributed by atoms with Crippen molar-refractivity contribution in [1.82, 2.24) is 19.6 Å². The van der Waals surface area contributed by atoms with Crippen LogP contribution in [0, 0.1) is 6.92 Å². The van der Waals surface area contributed by atoms with Gasteiger partial charge in [0.15, 0.2) is 11.5 Å². The molecule has 3 heterocycles. The minimum absolute atomic E-state index is 0.306. The molecule has 0 unspecified atom stereocenters. The standard InChI is InChI=1S/C21H22N6O/c1-13-8-9-16-14(11-13)5-4-10-26(16)12-18-23-20-15-6-3-7-17(28-2)19(15)24-21(22)27(20)25-18/h3,6-9,11H,4-5,10,12H2,1-2H3,(H2,22,24). The molecule has 142 valence electrons. The Bertz CT molecular complexity index is 1200. The van der Waals surface area contributed by atoms with Gasteiger partial charge in [-0.2, -0.15) is 4.52 Å². The van der Waals surface area contributed by atoms with Crippen molar-refractivity contribution in [2.45, 2.75) is 26.3 Å². The molecule has 0 bridgehead atoms. The van der Waals surface area contributed by atoms with Crippen LogP contribution in [0.4, 0.5) is 11.6 Å². The van der Waals surface area contributed by atoms with Gasteiger partial charge < -0.3 is 15.4 Å². The molecule has 2 aromatic heterocycles. The van der Waals surface area contributed by atoms with Crippen LogP contribution in [0.1, 0.15) is 23.4 Å². The van der Waals surface area contributed by atoms with Gasteiger partial charge in [-0.15, -0.1) is 5.10 Å². The number of para-hydroxylation sites is 1. The van der Waals surface area contributed by atoms with E-state index in [-0.39, 0.29) is 0 Å². The van der Waals surface area contributed by atoms with Crippen LogP contribution >= 0.6 is 0 Å². The van der Waals surface area contributed by atoms with Gasteiger partial charge in [0, 0.05) is 17.6 Å². The molecule has 1 aliphatic rings. The number of rotatable bonds is 3. The van der Waals surface area contributed by atoms with Crippen molar-refractivity contribution in [1.29, 1.82) is 0 Å². The maximum Gasteiger partial charge on any atom is 0.223 e. The van der Waals surface area contributed by atoms with Gasteiger partial charge in [-0.3, -0.25) is 0 Å². The van der Waals surface area contributed by atoms with Crippen LogP contribution in [0.15, 0.2) is 36.4 Å². The van der Waals surface area contributed by atoms with Crippen molar-refractivity contribution in [2.75, 3.05) is 24.3 Å². The van der Waals surface area contributed by atoms with Crippen LogP contribution in [0.3, 0.4) is 0 Å². The Balaban J connectivity index is 1.58. The molecule has 0 saturated carbocycles. The molecule has 7 heteroatoms. The first-order valence-corrected chi connectivity index (χ1v) is 9.46. The van der Waals surface area contributed by atoms with Crippen LogP contribution in [0.5, 0.6) is 5.75 Å². The number of nitrogen functional groups attached to an aromatic ring is 1. The van der Waals surface area contributed by atoms with Crippen molar-refractivity contribution >= 4 is 28.2 Å². The smallest absolute Gasteiger partial charge is 0.223 e. The van der Waals surface area contributed by atoms with Gasteiger partial charge in [0.1, 0.15) is 11.3 Å². The van der Waals surface area contributed by atoms with Gasteiger partial charge in [-0.25, -0.2) is 9.97 Å². The molecule has 0 spiro atoms. The Morgan fingerprint density at radius 2 is 2.07 bits per heavy atom. The zero-order valence-corrected chi connectivity index (χ0v) is 16.0. The Labute approximate surface area is 162 Å². The van der Waals surface area contributed by atoms with Crippen molar-refractivity contribution < 1.29 is 4.74 Å². The fourth-order valence-electron chi connectivity index (χ4n) is 4.04. The SMILES string of the molecule is COc1cccc2c1nc(N)n1nc(CN3CCCc4cc(C)ccc43)nc21. The number of benzene rings is 2. The van der Waals surface area contributed by atoms with Crippen molar-refractivity contribution in [3.8, 4) is 5.75 Å². The van der Waals surface area contributed by atoms with Gasteiger partial charge in [0.25, 0.3) is 0 Å². The minimum atomic E-state index is 0.306. The van der Waals surface area contributed by atoms with Crippen molar-refractivity contribution in [3.63, 3.8) is 0 Å². The highest BCUT2D eigenvalue weighted by atomic mass is 16.5. The zero-order chi connectivity index (χ0) is 19.3. The van der Waals surface area contributed by atoms with E-state index in [4.69, 9.17) is 15.5 Å². The summed E-state index contributed by atoms with van der Waals surface area (Å²) in [5.74, 6) is 1.72. The maximum absolute atomic E-state index is 6.17. The normalized spacial score (nSPS) is 13.9. The highest BCUT2D eigenvalue weighted by Gasteiger charge is 2.20. The number of anilines is 2. The van der Waals surface area contributed by atoms with Crippen LogP contribution < -0.4 is 15.4 Å². The topological polar surface area (TPSA) is 81.6 Å². The summed E-state index contributed by atoms with van der Waals surface area (Å²) in [7, 11) is 1.63. The average Bonchev–Trinajstić information content (AvgIpc) is 3.12. The third-order valence-corrected chi connectivity index (χ3v) is 5.34. The molecule has 5 rings (SSSR count). The molecule has 7 nitrogen and oxygen atoms in total. The summed E-state index contributed by atoms with van der Waals surface area (Å²) in [5.41, 5.74) is 11.5. The molecule has 2 aromatic carbocycles. The third kappa shape index (κ3) is 2.62. The highest BCUT2D eigenvalue weighted by molar-refractivity contribution is 5.95. The summed E-state index contributed by atoms with van der Waals surface area (Å²) in [6.07, 6.45) is 2.25. The Hall–Kier alpha value is -3.35. The lowest BCUT2D eigenvalue weighted by atomic mass is 9.99. The van der Waals surface area contributed by atoms with E-state index in [2.05, 4.69) is 40.1 Å². The summed E-state index contributed by atoms with van der Waals surface area (Å²) >= 11 is 0. The molecule has 0 atom stereocenters. The van der Waals surface area contributed by atoms with Gasteiger partial charge in [0.2, 0.25) is 5.95 Å². The molecule has 0 saturated heterocycles. The summed E-state index contributed by atoms with van der Waals surface area (Å²) in [6, 6.07) is 12.4. The van der Waals surface area contributed by atoms with Crippen LogP contribution in [-0.2, 0) is 13.0 Å². The van der Waals surface area contributed by atoms with Crippen LogP contribution in [0.25, 0.3) is 16.6 Å². The summed E-state index contributed by atoms with van der Waals surface area (Å²) in [6.45, 7) is 3.77. The fraction of sp³-hybridized carbons (Fsp3) is 0.286. The van der Waals surface area contributed by atoms with E-state index in [1.807, 2.05) is 18.2 Å². The molecule has 0 radical (unpaired) electrons. The highest BCUT2D eigenvalue weighted by Crippen LogP contribution is 2.30. The first-order chi connectivity index (χ1) is 13.6. The molecule has 0 amide bonds. The van der Waals surface area contributed by atoms with Crippen molar-refractivity contribution in [2.24, 2.45) is 0 Å². The average molecular weight is 374 g/mol. The fourth-order valence-corrected chi connectivity index (χ4v) is 4.04. The number of hydrogen-bond acceptors (Lipinski definition) is 6. The Morgan fingerprint density at radius 1 is 1.18 bits per heavy atom. The lowest BCUT2D eigenvalue weighted by Gasteiger charge is -2.30. The summed E-state index contributed by atoms with van der Waals surface area (Å²) in [4.78, 5) is 11.6. The van der Waals surface area contributed by atoms with E-state index in [9.17, 15) is 0 Å². The second kappa shape index (κ2) is 6.37. The maximum atomic E-state index is 6.17. The molecule has 0 fully saturated rings. The van der Waals surface area contributed by atoms with E-state index in [1.54, 1.807) is 11.6 Å². The molecular weight excluding hydrogens is 352 g/mol.